The lowest BCUT2D eigenvalue weighted by atomic mass is 10.1. The van der Waals surface area contributed by atoms with Crippen molar-refractivity contribution in [2.24, 2.45) is 11.8 Å². The minimum absolute atomic E-state index is 0.0251. The molecule has 0 aromatic rings. The second-order valence-electron chi connectivity index (χ2n) is 6.77. The van der Waals surface area contributed by atoms with Gasteiger partial charge in [0.2, 0.25) is 11.8 Å². The first-order valence-electron chi connectivity index (χ1n) is 8.18. The highest BCUT2D eigenvalue weighted by Crippen LogP contribution is 2.39. The molecular weight excluding hydrogens is 284 g/mol. The van der Waals surface area contributed by atoms with E-state index in [-0.39, 0.29) is 35.2 Å². The van der Waals surface area contributed by atoms with Crippen LogP contribution in [0.25, 0.3) is 0 Å². The molecule has 0 aromatic heterocycles. The van der Waals surface area contributed by atoms with Gasteiger partial charge in [-0.25, -0.2) is 0 Å². The van der Waals surface area contributed by atoms with Crippen LogP contribution in [0.3, 0.4) is 0 Å². The van der Waals surface area contributed by atoms with Crippen LogP contribution in [0.1, 0.15) is 53.4 Å². The Labute approximate surface area is 132 Å². The molecule has 3 unspecified atom stereocenters. The molecule has 1 saturated carbocycles. The maximum Gasteiger partial charge on any atom is 0.243 e. The fourth-order valence-corrected chi connectivity index (χ4v) is 4.28. The molecule has 2 fully saturated rings. The van der Waals surface area contributed by atoms with Gasteiger partial charge in [0.15, 0.2) is 0 Å². The van der Waals surface area contributed by atoms with E-state index in [0.29, 0.717) is 5.92 Å². The van der Waals surface area contributed by atoms with Crippen molar-refractivity contribution in [1.29, 1.82) is 0 Å². The third-order valence-electron chi connectivity index (χ3n) is 4.25. The van der Waals surface area contributed by atoms with E-state index in [9.17, 15) is 9.59 Å². The molecule has 2 rings (SSSR count). The van der Waals surface area contributed by atoms with E-state index in [1.807, 2.05) is 11.8 Å². The van der Waals surface area contributed by atoms with Gasteiger partial charge in [0, 0.05) is 17.7 Å². The smallest absolute Gasteiger partial charge is 0.243 e. The largest absolute Gasteiger partial charge is 0.352 e. The number of hydrogen-bond acceptors (Lipinski definition) is 3. The van der Waals surface area contributed by atoms with Crippen LogP contribution in [0, 0.1) is 11.8 Å². The number of rotatable bonds is 6. The summed E-state index contributed by atoms with van der Waals surface area (Å²) >= 11 is 1.77. The molecule has 0 spiro atoms. The van der Waals surface area contributed by atoms with Crippen LogP contribution in [0.4, 0.5) is 0 Å². The predicted molar refractivity (Wildman–Crippen MR) is 87.0 cm³/mol. The summed E-state index contributed by atoms with van der Waals surface area (Å²) in [6, 6.07) is -0.106. The highest BCUT2D eigenvalue weighted by Gasteiger charge is 2.46. The number of amides is 2. The zero-order valence-electron chi connectivity index (χ0n) is 13.6. The Kier molecular flexibility index (Phi) is 5.58. The van der Waals surface area contributed by atoms with Crippen molar-refractivity contribution in [3.8, 4) is 0 Å². The maximum absolute atomic E-state index is 12.6. The van der Waals surface area contributed by atoms with Gasteiger partial charge >= 0.3 is 0 Å². The number of hydrogen-bond donors (Lipinski definition) is 1. The first-order chi connectivity index (χ1) is 9.93. The van der Waals surface area contributed by atoms with E-state index in [2.05, 4.69) is 26.1 Å². The van der Waals surface area contributed by atoms with Gasteiger partial charge in [-0.05, 0) is 38.5 Å². The molecule has 1 aliphatic heterocycles. The van der Waals surface area contributed by atoms with Gasteiger partial charge in [-0.1, -0.05) is 20.8 Å². The summed E-state index contributed by atoms with van der Waals surface area (Å²) in [6.45, 7) is 8.42. The SMILES string of the molecule is CCC(C)NC(=O)C1CSC(CC(C)C)N1C(=O)C1CC1. The first-order valence-corrected chi connectivity index (χ1v) is 9.23. The molecule has 0 bridgehead atoms. The molecule has 4 nitrogen and oxygen atoms in total. The molecule has 0 radical (unpaired) electrons. The quantitative estimate of drug-likeness (QED) is 0.820. The van der Waals surface area contributed by atoms with Gasteiger partial charge in [-0.3, -0.25) is 9.59 Å². The zero-order chi connectivity index (χ0) is 15.6. The fourth-order valence-electron chi connectivity index (χ4n) is 2.63. The van der Waals surface area contributed by atoms with Crippen LogP contribution in [-0.4, -0.2) is 39.9 Å². The average Bonchev–Trinajstić information content (AvgIpc) is 3.19. The summed E-state index contributed by atoms with van der Waals surface area (Å²) in [6.07, 6.45) is 3.87. The molecule has 0 aromatic carbocycles. The van der Waals surface area contributed by atoms with E-state index < -0.39 is 0 Å². The molecule has 2 amide bonds. The lowest BCUT2D eigenvalue weighted by Gasteiger charge is -2.30. The van der Waals surface area contributed by atoms with Crippen molar-refractivity contribution in [2.45, 2.75) is 70.8 Å². The number of carbonyl (C=O) groups is 2. The topological polar surface area (TPSA) is 49.4 Å². The molecular formula is C16H28N2O2S. The minimum Gasteiger partial charge on any atom is -0.352 e. The minimum atomic E-state index is -0.277. The van der Waals surface area contributed by atoms with Gasteiger partial charge in [0.25, 0.3) is 0 Å². The van der Waals surface area contributed by atoms with Crippen LogP contribution in [0.2, 0.25) is 0 Å². The highest BCUT2D eigenvalue weighted by atomic mass is 32.2. The van der Waals surface area contributed by atoms with Crippen LogP contribution < -0.4 is 5.32 Å². The van der Waals surface area contributed by atoms with Gasteiger partial charge in [-0.15, -0.1) is 11.8 Å². The summed E-state index contributed by atoms with van der Waals surface area (Å²) in [4.78, 5) is 27.0. The summed E-state index contributed by atoms with van der Waals surface area (Å²) in [5.41, 5.74) is 0. The fraction of sp³-hybridized carbons (Fsp3) is 0.875. The molecule has 120 valence electrons. The third kappa shape index (κ3) is 4.15. The molecule has 2 aliphatic rings. The Balaban J connectivity index is 2.07. The summed E-state index contributed by atoms with van der Waals surface area (Å²) in [7, 11) is 0. The Morgan fingerprint density at radius 1 is 1.29 bits per heavy atom. The monoisotopic (exact) mass is 312 g/mol. The maximum atomic E-state index is 12.6. The number of nitrogens with zero attached hydrogens (tertiary/aromatic N) is 1. The van der Waals surface area contributed by atoms with Crippen molar-refractivity contribution in [1.82, 2.24) is 10.2 Å². The van der Waals surface area contributed by atoms with E-state index in [4.69, 9.17) is 0 Å². The molecule has 1 saturated heterocycles. The van der Waals surface area contributed by atoms with E-state index in [1.54, 1.807) is 11.8 Å². The van der Waals surface area contributed by atoms with Gasteiger partial charge < -0.3 is 10.2 Å². The Hall–Kier alpha value is -0.710. The Morgan fingerprint density at radius 2 is 1.95 bits per heavy atom. The standard InChI is InChI=1S/C16H28N2O2S/c1-5-11(4)17-15(19)13-9-21-14(8-10(2)3)18(13)16(20)12-6-7-12/h10-14H,5-9H2,1-4H3,(H,17,19). The first kappa shape index (κ1) is 16.7. The van der Waals surface area contributed by atoms with E-state index >= 15 is 0 Å². The highest BCUT2D eigenvalue weighted by molar-refractivity contribution is 8.00. The van der Waals surface area contributed by atoms with Gasteiger partial charge in [0.05, 0.1) is 5.37 Å². The molecule has 21 heavy (non-hydrogen) atoms. The lowest BCUT2D eigenvalue weighted by molar-refractivity contribution is -0.141. The second kappa shape index (κ2) is 7.03. The summed E-state index contributed by atoms with van der Waals surface area (Å²) in [5, 5.41) is 3.22. The molecule has 3 atom stereocenters. The van der Waals surface area contributed by atoms with E-state index in [0.717, 1.165) is 31.4 Å². The molecule has 5 heteroatoms. The van der Waals surface area contributed by atoms with Crippen molar-refractivity contribution >= 4 is 23.6 Å². The summed E-state index contributed by atoms with van der Waals surface area (Å²) < 4.78 is 0. The van der Waals surface area contributed by atoms with Crippen LogP contribution in [0.5, 0.6) is 0 Å². The second-order valence-corrected chi connectivity index (χ2v) is 7.98. The molecule has 1 N–H and O–H groups in total. The van der Waals surface area contributed by atoms with Gasteiger partial charge in [-0.2, -0.15) is 0 Å². The number of nitrogens with one attached hydrogen (secondary N) is 1. The van der Waals surface area contributed by atoms with Gasteiger partial charge in [0.1, 0.15) is 6.04 Å². The van der Waals surface area contributed by atoms with E-state index in [1.165, 1.54) is 0 Å². The van der Waals surface area contributed by atoms with Crippen molar-refractivity contribution in [3.05, 3.63) is 0 Å². The van der Waals surface area contributed by atoms with Crippen molar-refractivity contribution in [2.75, 3.05) is 5.75 Å². The van der Waals surface area contributed by atoms with Crippen molar-refractivity contribution < 1.29 is 9.59 Å². The Bertz CT molecular complexity index is 396. The number of carbonyl (C=O) groups excluding carboxylic acids is 2. The van der Waals surface area contributed by atoms with Crippen molar-refractivity contribution in [3.63, 3.8) is 0 Å². The van der Waals surface area contributed by atoms with Crippen LogP contribution >= 0.6 is 11.8 Å². The lowest BCUT2D eigenvalue weighted by Crippen LogP contribution is -2.52. The summed E-state index contributed by atoms with van der Waals surface area (Å²) in [5.74, 6) is 1.68. The van der Waals surface area contributed by atoms with Crippen LogP contribution in [-0.2, 0) is 9.59 Å². The zero-order valence-corrected chi connectivity index (χ0v) is 14.4. The average molecular weight is 312 g/mol. The normalized spacial score (nSPS) is 27.0. The predicted octanol–water partition coefficient (Wildman–Crippen LogP) is 2.63. The Morgan fingerprint density at radius 3 is 2.48 bits per heavy atom. The molecule has 1 heterocycles. The number of thioether (sulfide) groups is 1. The third-order valence-corrected chi connectivity index (χ3v) is 5.56. The molecule has 1 aliphatic carbocycles. The van der Waals surface area contributed by atoms with Crippen LogP contribution in [0.15, 0.2) is 0 Å².